The summed E-state index contributed by atoms with van der Waals surface area (Å²) in [4.78, 5) is 23.7. The van der Waals surface area contributed by atoms with E-state index in [1.165, 1.54) is 11.1 Å². The molecular formula is C16H23N3O2. The number of nitrogens with one attached hydrogen (secondary N) is 3. The number of carbonyl (C=O) groups is 2. The standard InChI is InChI=1S/C16H23N3O2/c1-11(2)8-18-15(20)10-19-16(21)14-7-12-5-3-4-6-13(12)9-17-14/h3-6,11,14,17H,7-10H2,1-2H3,(H,18,20)(H,19,21)/t14-/m1/s1. The summed E-state index contributed by atoms with van der Waals surface area (Å²) >= 11 is 0. The third-order valence-corrected chi connectivity index (χ3v) is 3.53. The van der Waals surface area contributed by atoms with Gasteiger partial charge < -0.3 is 16.0 Å². The quantitative estimate of drug-likeness (QED) is 0.743. The summed E-state index contributed by atoms with van der Waals surface area (Å²) in [5, 5.41) is 8.68. The van der Waals surface area contributed by atoms with Gasteiger partial charge in [-0.3, -0.25) is 9.59 Å². The van der Waals surface area contributed by atoms with Crippen molar-refractivity contribution in [2.75, 3.05) is 13.1 Å². The molecule has 0 saturated carbocycles. The summed E-state index contributed by atoms with van der Waals surface area (Å²) in [6.45, 7) is 5.41. The second-order valence-electron chi connectivity index (χ2n) is 5.82. The fourth-order valence-electron chi connectivity index (χ4n) is 2.31. The summed E-state index contributed by atoms with van der Waals surface area (Å²) in [5.41, 5.74) is 2.43. The first kappa shape index (κ1) is 15.5. The van der Waals surface area contributed by atoms with Crippen molar-refractivity contribution in [2.24, 2.45) is 5.92 Å². The molecule has 1 aromatic rings. The summed E-state index contributed by atoms with van der Waals surface area (Å²) in [6.07, 6.45) is 0.662. The predicted molar refractivity (Wildman–Crippen MR) is 81.6 cm³/mol. The summed E-state index contributed by atoms with van der Waals surface area (Å²) in [6, 6.07) is 7.83. The van der Waals surface area contributed by atoms with Gasteiger partial charge in [0.15, 0.2) is 0 Å². The van der Waals surface area contributed by atoms with Crippen LogP contribution in [-0.2, 0) is 22.6 Å². The van der Waals surface area contributed by atoms with E-state index in [-0.39, 0.29) is 24.4 Å². The average molecular weight is 289 g/mol. The predicted octanol–water partition coefficient (Wildman–Crippen LogP) is 0.589. The number of carbonyl (C=O) groups excluding carboxylic acids is 2. The Hall–Kier alpha value is -1.88. The Bertz CT molecular complexity index is 514. The minimum absolute atomic E-state index is 0.0331. The summed E-state index contributed by atoms with van der Waals surface area (Å²) < 4.78 is 0. The van der Waals surface area contributed by atoms with Crippen molar-refractivity contribution in [1.82, 2.24) is 16.0 Å². The van der Waals surface area contributed by atoms with E-state index < -0.39 is 0 Å². The first-order chi connectivity index (χ1) is 10.1. The highest BCUT2D eigenvalue weighted by atomic mass is 16.2. The molecule has 3 N–H and O–H groups in total. The van der Waals surface area contributed by atoms with Crippen LogP contribution in [0.25, 0.3) is 0 Å². The Morgan fingerprint density at radius 1 is 1.24 bits per heavy atom. The zero-order valence-electron chi connectivity index (χ0n) is 12.6. The number of fused-ring (bicyclic) bond motifs is 1. The van der Waals surface area contributed by atoms with Crippen LogP contribution in [0.3, 0.4) is 0 Å². The smallest absolute Gasteiger partial charge is 0.239 e. The minimum atomic E-state index is -0.266. The van der Waals surface area contributed by atoms with Crippen molar-refractivity contribution in [2.45, 2.75) is 32.9 Å². The molecule has 1 heterocycles. The lowest BCUT2D eigenvalue weighted by Gasteiger charge is -2.25. The Kier molecular flexibility index (Phi) is 5.33. The van der Waals surface area contributed by atoms with Crippen LogP contribution in [0, 0.1) is 5.92 Å². The molecule has 1 aromatic carbocycles. The van der Waals surface area contributed by atoms with Crippen LogP contribution in [0.5, 0.6) is 0 Å². The molecule has 5 heteroatoms. The van der Waals surface area contributed by atoms with Gasteiger partial charge in [0, 0.05) is 13.1 Å². The zero-order valence-corrected chi connectivity index (χ0v) is 12.6. The summed E-state index contributed by atoms with van der Waals surface area (Å²) in [7, 11) is 0. The normalized spacial score (nSPS) is 17.2. The molecule has 5 nitrogen and oxygen atoms in total. The molecule has 2 amide bonds. The van der Waals surface area contributed by atoms with Crippen molar-refractivity contribution in [1.29, 1.82) is 0 Å². The number of hydrogen-bond donors (Lipinski definition) is 3. The van der Waals surface area contributed by atoms with Crippen LogP contribution in [0.15, 0.2) is 24.3 Å². The van der Waals surface area contributed by atoms with Gasteiger partial charge in [0.25, 0.3) is 0 Å². The molecule has 0 fully saturated rings. The molecule has 0 radical (unpaired) electrons. The third-order valence-electron chi connectivity index (χ3n) is 3.53. The lowest BCUT2D eigenvalue weighted by Crippen LogP contribution is -2.49. The number of rotatable bonds is 5. The monoisotopic (exact) mass is 289 g/mol. The largest absolute Gasteiger partial charge is 0.354 e. The Morgan fingerprint density at radius 3 is 2.67 bits per heavy atom. The van der Waals surface area contributed by atoms with Gasteiger partial charge in [-0.15, -0.1) is 0 Å². The van der Waals surface area contributed by atoms with Crippen LogP contribution in [-0.4, -0.2) is 30.9 Å². The second-order valence-corrected chi connectivity index (χ2v) is 5.82. The van der Waals surface area contributed by atoms with E-state index in [1.807, 2.05) is 32.0 Å². The molecule has 1 atom stereocenters. The lowest BCUT2D eigenvalue weighted by atomic mass is 9.95. The van der Waals surface area contributed by atoms with Crippen LogP contribution in [0.4, 0.5) is 0 Å². The molecule has 21 heavy (non-hydrogen) atoms. The van der Waals surface area contributed by atoms with Crippen molar-refractivity contribution >= 4 is 11.8 Å². The Labute approximate surface area is 125 Å². The topological polar surface area (TPSA) is 70.2 Å². The van der Waals surface area contributed by atoms with E-state index in [4.69, 9.17) is 0 Å². The van der Waals surface area contributed by atoms with Crippen molar-refractivity contribution in [3.63, 3.8) is 0 Å². The molecule has 114 valence electrons. The van der Waals surface area contributed by atoms with Gasteiger partial charge in [-0.2, -0.15) is 0 Å². The Morgan fingerprint density at radius 2 is 1.95 bits per heavy atom. The maximum absolute atomic E-state index is 12.1. The maximum atomic E-state index is 12.1. The number of amides is 2. The van der Waals surface area contributed by atoms with Gasteiger partial charge in [-0.1, -0.05) is 38.1 Å². The van der Waals surface area contributed by atoms with Crippen LogP contribution in [0.1, 0.15) is 25.0 Å². The van der Waals surface area contributed by atoms with E-state index >= 15 is 0 Å². The summed E-state index contributed by atoms with van der Waals surface area (Å²) in [5.74, 6) is 0.138. The SMILES string of the molecule is CC(C)CNC(=O)CNC(=O)[C@H]1Cc2ccccc2CN1. The van der Waals surface area contributed by atoms with Gasteiger partial charge in [0.1, 0.15) is 0 Å². The first-order valence-corrected chi connectivity index (χ1v) is 7.41. The van der Waals surface area contributed by atoms with Gasteiger partial charge in [0.2, 0.25) is 11.8 Å². The highest BCUT2D eigenvalue weighted by Crippen LogP contribution is 2.16. The van der Waals surface area contributed by atoms with E-state index in [0.29, 0.717) is 25.4 Å². The number of benzene rings is 1. The first-order valence-electron chi connectivity index (χ1n) is 7.41. The second kappa shape index (κ2) is 7.22. The fourth-order valence-corrected chi connectivity index (χ4v) is 2.31. The minimum Gasteiger partial charge on any atom is -0.354 e. The molecule has 1 aliphatic heterocycles. The van der Waals surface area contributed by atoms with E-state index in [0.717, 1.165) is 0 Å². The highest BCUT2D eigenvalue weighted by molar-refractivity contribution is 5.87. The molecule has 2 rings (SSSR count). The van der Waals surface area contributed by atoms with Crippen LogP contribution >= 0.6 is 0 Å². The van der Waals surface area contributed by atoms with Gasteiger partial charge in [-0.05, 0) is 23.5 Å². The molecule has 0 aliphatic carbocycles. The number of hydrogen-bond acceptors (Lipinski definition) is 3. The van der Waals surface area contributed by atoms with Crippen molar-refractivity contribution in [3.8, 4) is 0 Å². The maximum Gasteiger partial charge on any atom is 0.239 e. The lowest BCUT2D eigenvalue weighted by molar-refractivity contribution is -0.127. The van der Waals surface area contributed by atoms with Crippen molar-refractivity contribution in [3.05, 3.63) is 35.4 Å². The third kappa shape index (κ3) is 4.56. The van der Waals surface area contributed by atoms with Gasteiger partial charge in [0.05, 0.1) is 12.6 Å². The van der Waals surface area contributed by atoms with Gasteiger partial charge >= 0.3 is 0 Å². The molecule has 0 unspecified atom stereocenters. The van der Waals surface area contributed by atoms with Crippen LogP contribution in [0.2, 0.25) is 0 Å². The fraction of sp³-hybridized carbons (Fsp3) is 0.500. The van der Waals surface area contributed by atoms with E-state index in [2.05, 4.69) is 22.0 Å². The molecular weight excluding hydrogens is 266 g/mol. The molecule has 0 saturated heterocycles. The van der Waals surface area contributed by atoms with E-state index in [1.54, 1.807) is 0 Å². The molecule has 0 aromatic heterocycles. The van der Waals surface area contributed by atoms with Crippen LogP contribution < -0.4 is 16.0 Å². The Balaban J connectivity index is 1.78. The molecule has 0 bridgehead atoms. The van der Waals surface area contributed by atoms with Gasteiger partial charge in [-0.25, -0.2) is 0 Å². The van der Waals surface area contributed by atoms with Crippen molar-refractivity contribution < 1.29 is 9.59 Å². The molecule has 0 spiro atoms. The highest BCUT2D eigenvalue weighted by Gasteiger charge is 2.23. The average Bonchev–Trinajstić information content (AvgIpc) is 2.50. The zero-order chi connectivity index (χ0) is 15.2. The molecule has 1 aliphatic rings. The van der Waals surface area contributed by atoms with E-state index in [9.17, 15) is 9.59 Å².